The molecule has 0 spiro atoms. The van der Waals surface area contributed by atoms with Gasteiger partial charge < -0.3 is 10.1 Å². The number of hydrogen-bond acceptors (Lipinski definition) is 6. The summed E-state index contributed by atoms with van der Waals surface area (Å²) in [7, 11) is 0. The summed E-state index contributed by atoms with van der Waals surface area (Å²) >= 11 is 1.32. The third kappa shape index (κ3) is 6.32. The molecule has 3 aromatic rings. The Morgan fingerprint density at radius 2 is 1.97 bits per heavy atom. The van der Waals surface area contributed by atoms with E-state index < -0.39 is 0 Å². The van der Waals surface area contributed by atoms with Gasteiger partial charge in [-0.25, -0.2) is 4.39 Å². The molecule has 1 amide bonds. The number of carbonyl (C=O) groups excluding carboxylic acids is 1. The lowest BCUT2D eigenvalue weighted by molar-refractivity contribution is 0.0950. The van der Waals surface area contributed by atoms with Crippen LogP contribution in [0.15, 0.2) is 54.6 Å². The molecule has 2 heterocycles. The first-order valence-corrected chi connectivity index (χ1v) is 11.2. The number of ether oxygens (including phenoxy) is 1. The SMILES string of the molecule is O=C(NCc1ccc(F)cc1)c1nnc(CN2CCCC(COc3ccccc3)C2)s1. The predicted octanol–water partition coefficient (Wildman–Crippen LogP) is 3.90. The Morgan fingerprint density at radius 1 is 1.16 bits per heavy atom. The van der Waals surface area contributed by atoms with Crippen LogP contribution in [0.1, 0.15) is 33.2 Å². The molecule has 1 fully saturated rings. The summed E-state index contributed by atoms with van der Waals surface area (Å²) in [5.74, 6) is 0.816. The molecule has 0 bridgehead atoms. The Kier molecular flexibility index (Phi) is 7.22. The second-order valence-electron chi connectivity index (χ2n) is 7.68. The van der Waals surface area contributed by atoms with Gasteiger partial charge in [0.05, 0.1) is 13.2 Å². The number of para-hydroxylation sites is 1. The number of rotatable bonds is 8. The van der Waals surface area contributed by atoms with Crippen molar-refractivity contribution in [3.05, 3.63) is 76.0 Å². The van der Waals surface area contributed by atoms with Crippen LogP contribution in [0.3, 0.4) is 0 Å². The molecule has 1 N–H and O–H groups in total. The third-order valence-corrected chi connectivity index (χ3v) is 6.13. The number of halogens is 1. The van der Waals surface area contributed by atoms with Crippen LogP contribution in [0.5, 0.6) is 5.75 Å². The second-order valence-corrected chi connectivity index (χ2v) is 8.74. The normalized spacial score (nSPS) is 16.7. The minimum atomic E-state index is -0.296. The van der Waals surface area contributed by atoms with Crippen LogP contribution in [0.4, 0.5) is 4.39 Å². The highest BCUT2D eigenvalue weighted by Crippen LogP contribution is 2.21. The number of benzene rings is 2. The maximum absolute atomic E-state index is 13.0. The fourth-order valence-corrected chi connectivity index (χ4v) is 4.42. The van der Waals surface area contributed by atoms with Crippen LogP contribution in [0.25, 0.3) is 0 Å². The molecule has 0 aliphatic carbocycles. The molecule has 1 atom stereocenters. The number of amides is 1. The molecule has 1 aliphatic rings. The fourth-order valence-electron chi connectivity index (χ4n) is 3.62. The molecule has 31 heavy (non-hydrogen) atoms. The Bertz CT molecular complexity index is 981. The first-order chi connectivity index (χ1) is 15.2. The van der Waals surface area contributed by atoms with Crippen molar-refractivity contribution in [3.8, 4) is 5.75 Å². The topological polar surface area (TPSA) is 67.4 Å². The molecule has 6 nitrogen and oxygen atoms in total. The summed E-state index contributed by atoms with van der Waals surface area (Å²) in [6.07, 6.45) is 2.27. The van der Waals surface area contributed by atoms with E-state index in [2.05, 4.69) is 20.4 Å². The Morgan fingerprint density at radius 3 is 2.77 bits per heavy atom. The standard InChI is InChI=1S/C23H25FN4O2S/c24-19-10-8-17(9-11-19)13-25-22(29)23-27-26-21(31-23)15-28-12-4-5-18(14-28)16-30-20-6-2-1-3-7-20/h1-3,6-11,18H,4-5,12-16H2,(H,25,29). The number of hydrogen-bond donors (Lipinski definition) is 1. The summed E-state index contributed by atoms with van der Waals surface area (Å²) in [6, 6.07) is 15.9. The van der Waals surface area contributed by atoms with Crippen molar-refractivity contribution < 1.29 is 13.9 Å². The van der Waals surface area contributed by atoms with Crippen LogP contribution >= 0.6 is 11.3 Å². The number of aromatic nitrogens is 2. The van der Waals surface area contributed by atoms with Gasteiger partial charge in [0.2, 0.25) is 5.01 Å². The molecule has 1 saturated heterocycles. The van der Waals surface area contributed by atoms with Crippen LogP contribution in [-0.2, 0) is 13.1 Å². The number of carbonyl (C=O) groups is 1. The number of piperidine rings is 1. The predicted molar refractivity (Wildman–Crippen MR) is 117 cm³/mol. The van der Waals surface area contributed by atoms with E-state index >= 15 is 0 Å². The fraction of sp³-hybridized carbons (Fsp3) is 0.348. The zero-order valence-electron chi connectivity index (χ0n) is 17.2. The van der Waals surface area contributed by atoms with Crippen molar-refractivity contribution in [2.45, 2.75) is 25.9 Å². The Balaban J connectivity index is 1.24. The second kappa shape index (κ2) is 10.5. The highest BCUT2D eigenvalue weighted by molar-refractivity contribution is 7.13. The summed E-state index contributed by atoms with van der Waals surface area (Å²) in [4.78, 5) is 14.7. The summed E-state index contributed by atoms with van der Waals surface area (Å²) in [5, 5.41) is 12.2. The average molecular weight is 441 g/mol. The molecule has 1 aromatic heterocycles. The van der Waals surface area contributed by atoms with Crippen LogP contribution in [0.2, 0.25) is 0 Å². The van der Waals surface area contributed by atoms with Crippen molar-refractivity contribution in [1.29, 1.82) is 0 Å². The molecule has 2 aromatic carbocycles. The van der Waals surface area contributed by atoms with Crippen LogP contribution in [-0.4, -0.2) is 40.7 Å². The Hall–Kier alpha value is -2.84. The zero-order valence-corrected chi connectivity index (χ0v) is 18.0. The molecule has 0 radical (unpaired) electrons. The molecule has 162 valence electrons. The Labute approximate surface area is 185 Å². The van der Waals surface area contributed by atoms with Gasteiger partial charge in [0, 0.05) is 19.0 Å². The summed E-state index contributed by atoms with van der Waals surface area (Å²) < 4.78 is 18.9. The minimum absolute atomic E-state index is 0.263. The molecular formula is C23H25FN4O2S. The van der Waals surface area contributed by atoms with Crippen LogP contribution < -0.4 is 10.1 Å². The van der Waals surface area contributed by atoms with Gasteiger partial charge in [0.15, 0.2) is 0 Å². The smallest absolute Gasteiger partial charge is 0.282 e. The van der Waals surface area contributed by atoms with Gasteiger partial charge in [-0.2, -0.15) is 0 Å². The van der Waals surface area contributed by atoms with Gasteiger partial charge in [-0.1, -0.05) is 41.7 Å². The maximum Gasteiger partial charge on any atom is 0.282 e. The molecule has 1 unspecified atom stereocenters. The zero-order chi connectivity index (χ0) is 21.5. The lowest BCUT2D eigenvalue weighted by atomic mass is 9.99. The first kappa shape index (κ1) is 21.4. The van der Waals surface area contributed by atoms with Crippen molar-refractivity contribution in [2.24, 2.45) is 5.92 Å². The van der Waals surface area contributed by atoms with Crippen LogP contribution in [0, 0.1) is 11.7 Å². The highest BCUT2D eigenvalue weighted by atomic mass is 32.1. The molecule has 8 heteroatoms. The molecular weight excluding hydrogens is 415 g/mol. The van der Waals surface area contributed by atoms with Crippen molar-refractivity contribution >= 4 is 17.2 Å². The van der Waals surface area contributed by atoms with E-state index in [9.17, 15) is 9.18 Å². The monoisotopic (exact) mass is 440 g/mol. The largest absolute Gasteiger partial charge is 0.493 e. The van der Waals surface area contributed by atoms with Gasteiger partial charge >= 0.3 is 0 Å². The van der Waals surface area contributed by atoms with Crippen molar-refractivity contribution in [2.75, 3.05) is 19.7 Å². The molecule has 1 aliphatic heterocycles. The van der Waals surface area contributed by atoms with Gasteiger partial charge in [-0.05, 0) is 49.2 Å². The quantitative estimate of drug-likeness (QED) is 0.576. The van der Waals surface area contributed by atoms with E-state index in [0.717, 1.165) is 42.3 Å². The lowest BCUT2D eigenvalue weighted by Crippen LogP contribution is -2.37. The van der Waals surface area contributed by atoms with E-state index in [1.165, 1.54) is 23.5 Å². The minimum Gasteiger partial charge on any atom is -0.493 e. The summed E-state index contributed by atoms with van der Waals surface area (Å²) in [6.45, 7) is 3.66. The highest BCUT2D eigenvalue weighted by Gasteiger charge is 2.22. The van der Waals surface area contributed by atoms with E-state index in [4.69, 9.17) is 4.74 Å². The maximum atomic E-state index is 13.0. The van der Waals surface area contributed by atoms with Crippen molar-refractivity contribution in [1.82, 2.24) is 20.4 Å². The van der Waals surface area contributed by atoms with Crippen molar-refractivity contribution in [3.63, 3.8) is 0 Å². The number of likely N-dealkylation sites (tertiary alicyclic amines) is 1. The van der Waals surface area contributed by atoms with E-state index in [1.807, 2.05) is 30.3 Å². The molecule has 4 rings (SSSR count). The average Bonchev–Trinajstić information content (AvgIpc) is 3.27. The van der Waals surface area contributed by atoms with Gasteiger partial charge in [-0.3, -0.25) is 9.69 Å². The van der Waals surface area contributed by atoms with E-state index in [0.29, 0.717) is 30.6 Å². The van der Waals surface area contributed by atoms with Gasteiger partial charge in [0.1, 0.15) is 16.6 Å². The number of nitrogens with zero attached hydrogens (tertiary/aromatic N) is 3. The number of nitrogens with one attached hydrogen (secondary N) is 1. The van der Waals surface area contributed by atoms with E-state index in [-0.39, 0.29) is 11.7 Å². The third-order valence-electron chi connectivity index (χ3n) is 5.22. The van der Waals surface area contributed by atoms with Gasteiger partial charge in [0.25, 0.3) is 5.91 Å². The first-order valence-electron chi connectivity index (χ1n) is 10.4. The van der Waals surface area contributed by atoms with Gasteiger partial charge in [-0.15, -0.1) is 10.2 Å². The molecule has 0 saturated carbocycles. The van der Waals surface area contributed by atoms with E-state index in [1.54, 1.807) is 12.1 Å². The lowest BCUT2D eigenvalue weighted by Gasteiger charge is -2.31. The summed E-state index contributed by atoms with van der Waals surface area (Å²) in [5.41, 5.74) is 0.830.